The lowest BCUT2D eigenvalue weighted by Gasteiger charge is -2.12. The first-order valence-corrected chi connectivity index (χ1v) is 9.93. The third kappa shape index (κ3) is 4.15. The number of hydrogen-bond acceptors (Lipinski definition) is 5. The molecule has 0 bridgehead atoms. The molecule has 28 heavy (non-hydrogen) atoms. The highest BCUT2D eigenvalue weighted by Gasteiger charge is 2.23. The molecular weight excluding hydrogens is 417 g/mol. The van der Waals surface area contributed by atoms with Crippen LogP contribution in [0, 0.1) is 5.82 Å². The summed E-state index contributed by atoms with van der Waals surface area (Å²) in [4.78, 5) is 14.9. The van der Waals surface area contributed by atoms with Gasteiger partial charge in [0.25, 0.3) is 16.4 Å². The van der Waals surface area contributed by atoms with Gasteiger partial charge in [0.05, 0.1) is 11.3 Å². The van der Waals surface area contributed by atoms with Crippen molar-refractivity contribution < 1.29 is 31.5 Å². The zero-order valence-electron chi connectivity index (χ0n) is 13.8. The lowest BCUT2D eigenvalue weighted by molar-refractivity contribution is 0.0696. The molecule has 0 atom stereocenters. The molecule has 0 aliphatic rings. The van der Waals surface area contributed by atoms with Gasteiger partial charge in [-0.3, -0.25) is 4.72 Å². The van der Waals surface area contributed by atoms with Crippen molar-refractivity contribution in [3.63, 3.8) is 0 Å². The molecule has 0 spiro atoms. The number of aromatic carboxylic acids is 1. The zero-order valence-corrected chi connectivity index (χ0v) is 15.4. The Morgan fingerprint density at radius 1 is 1.14 bits per heavy atom. The average molecular weight is 428 g/mol. The standard InChI is InChI=1S/C17H11F3N2O4S2/c18-11-4-1-9(2-5-11)16-21-14(8-27-16)28(25,26)22-13-6-3-10(17(23)24)7-12(13)15(19)20/h1-8,15,22H,(H,23,24). The highest BCUT2D eigenvalue weighted by Crippen LogP contribution is 2.31. The van der Waals surface area contributed by atoms with Crippen molar-refractivity contribution in [1.82, 2.24) is 4.98 Å². The van der Waals surface area contributed by atoms with E-state index in [2.05, 4.69) is 4.98 Å². The predicted molar refractivity (Wildman–Crippen MR) is 96.7 cm³/mol. The Bertz CT molecular complexity index is 1130. The molecule has 0 saturated heterocycles. The van der Waals surface area contributed by atoms with E-state index in [0.717, 1.165) is 23.5 Å². The molecule has 1 aromatic heterocycles. The van der Waals surface area contributed by atoms with Gasteiger partial charge in [-0.25, -0.2) is 22.9 Å². The van der Waals surface area contributed by atoms with Gasteiger partial charge in [0, 0.05) is 16.5 Å². The van der Waals surface area contributed by atoms with Crippen LogP contribution in [0.2, 0.25) is 0 Å². The van der Waals surface area contributed by atoms with Crippen molar-refractivity contribution in [2.75, 3.05) is 4.72 Å². The highest BCUT2D eigenvalue weighted by molar-refractivity contribution is 7.92. The lowest BCUT2D eigenvalue weighted by Crippen LogP contribution is -2.15. The number of carboxylic acids is 1. The third-order valence-electron chi connectivity index (χ3n) is 3.63. The first-order chi connectivity index (χ1) is 13.2. The fourth-order valence-corrected chi connectivity index (χ4v) is 4.46. The van der Waals surface area contributed by atoms with Crippen LogP contribution in [-0.2, 0) is 10.0 Å². The Kier molecular flexibility index (Phi) is 5.38. The molecule has 0 fully saturated rings. The van der Waals surface area contributed by atoms with Crippen LogP contribution in [0.4, 0.5) is 18.9 Å². The molecule has 0 unspecified atom stereocenters. The van der Waals surface area contributed by atoms with E-state index in [9.17, 15) is 26.4 Å². The summed E-state index contributed by atoms with van der Waals surface area (Å²) in [6.45, 7) is 0. The van der Waals surface area contributed by atoms with Gasteiger partial charge in [-0.2, -0.15) is 8.42 Å². The minimum absolute atomic E-state index is 0.302. The van der Waals surface area contributed by atoms with Crippen LogP contribution < -0.4 is 4.72 Å². The van der Waals surface area contributed by atoms with Crippen LogP contribution >= 0.6 is 11.3 Å². The summed E-state index contributed by atoms with van der Waals surface area (Å²) >= 11 is 0.984. The normalized spacial score (nSPS) is 11.6. The summed E-state index contributed by atoms with van der Waals surface area (Å²) in [7, 11) is -4.30. The molecule has 0 aliphatic heterocycles. The molecule has 11 heteroatoms. The molecule has 2 N–H and O–H groups in total. The summed E-state index contributed by atoms with van der Waals surface area (Å²) in [5.74, 6) is -1.88. The highest BCUT2D eigenvalue weighted by atomic mass is 32.2. The Morgan fingerprint density at radius 3 is 2.43 bits per heavy atom. The van der Waals surface area contributed by atoms with Crippen LogP contribution in [0.5, 0.6) is 0 Å². The summed E-state index contributed by atoms with van der Waals surface area (Å²) in [6.07, 6.45) is -3.10. The van der Waals surface area contributed by atoms with E-state index in [0.29, 0.717) is 16.6 Å². The quantitative estimate of drug-likeness (QED) is 0.607. The Labute approximate surface area is 161 Å². The molecule has 1 heterocycles. The number of nitrogens with one attached hydrogen (secondary N) is 1. The number of rotatable bonds is 6. The smallest absolute Gasteiger partial charge is 0.335 e. The maximum Gasteiger partial charge on any atom is 0.335 e. The molecular formula is C17H11F3N2O4S2. The third-order valence-corrected chi connectivity index (χ3v) is 5.92. The van der Waals surface area contributed by atoms with Gasteiger partial charge in [-0.05, 0) is 42.5 Å². The van der Waals surface area contributed by atoms with Gasteiger partial charge in [0.2, 0.25) is 0 Å². The van der Waals surface area contributed by atoms with E-state index in [1.54, 1.807) is 0 Å². The van der Waals surface area contributed by atoms with Crippen LogP contribution in [0.25, 0.3) is 10.6 Å². The fourth-order valence-electron chi connectivity index (χ4n) is 2.27. The number of benzene rings is 2. The molecule has 0 saturated carbocycles. The lowest BCUT2D eigenvalue weighted by atomic mass is 10.1. The number of carboxylic acid groups (broad SMARTS) is 1. The van der Waals surface area contributed by atoms with Crippen LogP contribution in [0.15, 0.2) is 52.9 Å². The summed E-state index contributed by atoms with van der Waals surface area (Å²) < 4.78 is 66.5. The van der Waals surface area contributed by atoms with Crippen molar-refractivity contribution in [1.29, 1.82) is 0 Å². The largest absolute Gasteiger partial charge is 0.478 e. The van der Waals surface area contributed by atoms with Gasteiger partial charge in [-0.1, -0.05) is 0 Å². The second-order valence-corrected chi connectivity index (χ2v) is 8.00. The number of carbonyl (C=O) groups is 1. The Hall–Kier alpha value is -2.92. The molecule has 6 nitrogen and oxygen atoms in total. The first kappa shape index (κ1) is 19.8. The summed E-state index contributed by atoms with van der Waals surface area (Å²) in [5, 5.41) is 10.0. The summed E-state index contributed by atoms with van der Waals surface area (Å²) in [6, 6.07) is 7.92. The fraction of sp³-hybridized carbons (Fsp3) is 0.0588. The molecule has 0 radical (unpaired) electrons. The van der Waals surface area contributed by atoms with Gasteiger partial charge < -0.3 is 5.11 Å². The van der Waals surface area contributed by atoms with Crippen LogP contribution in [0.3, 0.4) is 0 Å². The molecule has 0 aliphatic carbocycles. The SMILES string of the molecule is O=C(O)c1ccc(NS(=O)(=O)c2csc(-c3ccc(F)cc3)n2)c(C(F)F)c1. The van der Waals surface area contributed by atoms with E-state index in [1.807, 2.05) is 4.72 Å². The minimum Gasteiger partial charge on any atom is -0.478 e. The Morgan fingerprint density at radius 2 is 1.82 bits per heavy atom. The number of alkyl halides is 2. The number of halogens is 3. The number of sulfonamides is 1. The van der Waals surface area contributed by atoms with E-state index >= 15 is 0 Å². The van der Waals surface area contributed by atoms with E-state index < -0.39 is 50.1 Å². The van der Waals surface area contributed by atoms with E-state index in [1.165, 1.54) is 29.6 Å². The Balaban J connectivity index is 1.92. The van der Waals surface area contributed by atoms with Gasteiger partial charge in [-0.15, -0.1) is 11.3 Å². The second kappa shape index (κ2) is 7.60. The zero-order chi connectivity index (χ0) is 20.5. The number of anilines is 1. The summed E-state index contributed by atoms with van der Waals surface area (Å²) in [5.41, 5.74) is -1.12. The maximum atomic E-state index is 13.2. The predicted octanol–water partition coefficient (Wildman–Crippen LogP) is 4.39. The average Bonchev–Trinajstić information content (AvgIpc) is 3.13. The first-order valence-electron chi connectivity index (χ1n) is 7.57. The maximum absolute atomic E-state index is 13.2. The van der Waals surface area contributed by atoms with Gasteiger partial charge in [0.15, 0.2) is 5.03 Å². The van der Waals surface area contributed by atoms with Crippen LogP contribution in [0.1, 0.15) is 22.3 Å². The number of hydrogen-bond donors (Lipinski definition) is 2. The van der Waals surface area contributed by atoms with E-state index in [-0.39, 0.29) is 0 Å². The number of thiazole rings is 1. The van der Waals surface area contributed by atoms with Crippen molar-refractivity contribution in [2.24, 2.45) is 0 Å². The van der Waals surface area contributed by atoms with Crippen molar-refractivity contribution in [2.45, 2.75) is 11.5 Å². The second-order valence-electron chi connectivity index (χ2n) is 5.51. The minimum atomic E-state index is -4.30. The topological polar surface area (TPSA) is 96.4 Å². The molecule has 0 amide bonds. The number of nitrogens with zero attached hydrogens (tertiary/aromatic N) is 1. The number of aromatic nitrogens is 1. The van der Waals surface area contributed by atoms with Gasteiger partial charge in [0.1, 0.15) is 10.8 Å². The molecule has 3 aromatic rings. The van der Waals surface area contributed by atoms with Crippen LogP contribution in [-0.4, -0.2) is 24.5 Å². The van der Waals surface area contributed by atoms with Crippen molar-refractivity contribution in [3.8, 4) is 10.6 Å². The molecule has 3 rings (SSSR count). The van der Waals surface area contributed by atoms with E-state index in [4.69, 9.17) is 5.11 Å². The monoisotopic (exact) mass is 428 g/mol. The van der Waals surface area contributed by atoms with Crippen molar-refractivity contribution in [3.05, 3.63) is 64.8 Å². The molecule has 146 valence electrons. The molecule has 2 aromatic carbocycles. The van der Waals surface area contributed by atoms with Gasteiger partial charge >= 0.3 is 5.97 Å². The van der Waals surface area contributed by atoms with Crippen molar-refractivity contribution >= 4 is 33.0 Å².